The molecule has 0 aromatic carbocycles. The van der Waals surface area contributed by atoms with Gasteiger partial charge in [0.1, 0.15) is 0 Å². The molecule has 1 aliphatic rings. The number of hydrogen-bond donors (Lipinski definition) is 2. The lowest BCUT2D eigenvalue weighted by Gasteiger charge is -2.15. The largest absolute Gasteiger partial charge is 0.317 e. The Balaban J connectivity index is 1.79. The van der Waals surface area contributed by atoms with Crippen LogP contribution >= 0.6 is 0 Å². The van der Waals surface area contributed by atoms with Crippen molar-refractivity contribution in [1.29, 1.82) is 0 Å². The van der Waals surface area contributed by atoms with Crippen molar-refractivity contribution in [2.45, 2.75) is 31.8 Å². The average molecular weight is 208 g/mol. The van der Waals surface area contributed by atoms with Crippen LogP contribution in [0.4, 0.5) is 0 Å². The first kappa shape index (κ1) is 10.6. The average Bonchev–Trinajstić information content (AvgIpc) is 2.53. The highest BCUT2D eigenvalue weighted by molar-refractivity contribution is 4.99. The van der Waals surface area contributed by atoms with Crippen molar-refractivity contribution < 1.29 is 0 Å². The lowest BCUT2D eigenvalue weighted by Crippen LogP contribution is -2.30. The van der Waals surface area contributed by atoms with Crippen LogP contribution in [0.3, 0.4) is 0 Å². The van der Waals surface area contributed by atoms with Crippen molar-refractivity contribution in [3.8, 4) is 0 Å². The molecule has 2 rings (SSSR count). The van der Waals surface area contributed by atoms with Crippen LogP contribution in [-0.2, 0) is 13.6 Å². The van der Waals surface area contributed by atoms with Gasteiger partial charge in [0.05, 0.1) is 5.69 Å². The van der Waals surface area contributed by atoms with E-state index in [0.29, 0.717) is 6.04 Å². The molecule has 1 aliphatic heterocycles. The van der Waals surface area contributed by atoms with Crippen molar-refractivity contribution in [2.24, 2.45) is 7.05 Å². The Hall–Kier alpha value is -0.870. The molecule has 2 heterocycles. The van der Waals surface area contributed by atoms with Gasteiger partial charge in [0.25, 0.3) is 0 Å². The van der Waals surface area contributed by atoms with Gasteiger partial charge in [0.2, 0.25) is 0 Å². The maximum atomic E-state index is 4.16. The highest BCUT2D eigenvalue weighted by atomic mass is 15.3. The zero-order chi connectivity index (χ0) is 10.5. The fourth-order valence-electron chi connectivity index (χ4n) is 2.05. The highest BCUT2D eigenvalue weighted by Crippen LogP contribution is 2.06. The first-order valence-electron chi connectivity index (χ1n) is 5.77. The first-order chi connectivity index (χ1) is 7.36. The topological polar surface area (TPSA) is 41.9 Å². The van der Waals surface area contributed by atoms with Crippen LogP contribution in [0.2, 0.25) is 0 Å². The SMILES string of the molecule is Cn1nccc1CNC1CCCNCC1. The fourth-order valence-corrected chi connectivity index (χ4v) is 2.05. The van der Waals surface area contributed by atoms with Gasteiger partial charge in [-0.25, -0.2) is 0 Å². The molecular weight excluding hydrogens is 188 g/mol. The summed E-state index contributed by atoms with van der Waals surface area (Å²) in [7, 11) is 1.99. The van der Waals surface area contributed by atoms with Gasteiger partial charge in [-0.3, -0.25) is 4.68 Å². The van der Waals surface area contributed by atoms with Gasteiger partial charge in [0.15, 0.2) is 0 Å². The van der Waals surface area contributed by atoms with Gasteiger partial charge in [-0.1, -0.05) is 0 Å². The molecule has 1 atom stereocenters. The molecule has 0 saturated carbocycles. The van der Waals surface area contributed by atoms with Gasteiger partial charge in [-0.05, 0) is 38.4 Å². The first-order valence-corrected chi connectivity index (χ1v) is 5.77. The van der Waals surface area contributed by atoms with Crippen LogP contribution in [0.5, 0.6) is 0 Å². The van der Waals surface area contributed by atoms with E-state index >= 15 is 0 Å². The molecule has 0 bridgehead atoms. The summed E-state index contributed by atoms with van der Waals surface area (Å²) < 4.78 is 1.93. The molecule has 1 aromatic rings. The van der Waals surface area contributed by atoms with Crippen LogP contribution in [0.15, 0.2) is 12.3 Å². The molecule has 15 heavy (non-hydrogen) atoms. The summed E-state index contributed by atoms with van der Waals surface area (Å²) in [5, 5.41) is 11.2. The number of rotatable bonds is 3. The summed E-state index contributed by atoms with van der Waals surface area (Å²) in [6.45, 7) is 3.24. The number of nitrogens with zero attached hydrogens (tertiary/aromatic N) is 2. The number of aryl methyl sites for hydroxylation is 1. The maximum Gasteiger partial charge on any atom is 0.0518 e. The number of nitrogens with one attached hydrogen (secondary N) is 2. The second-order valence-corrected chi connectivity index (χ2v) is 4.20. The van der Waals surface area contributed by atoms with E-state index in [1.54, 1.807) is 0 Å². The Bertz CT molecular complexity index is 287. The van der Waals surface area contributed by atoms with Crippen LogP contribution in [-0.4, -0.2) is 28.9 Å². The van der Waals surface area contributed by atoms with Crippen LogP contribution in [0.1, 0.15) is 25.0 Å². The number of aromatic nitrogens is 2. The molecule has 1 aromatic heterocycles. The van der Waals surface area contributed by atoms with Crippen molar-refractivity contribution in [2.75, 3.05) is 13.1 Å². The summed E-state index contributed by atoms with van der Waals surface area (Å²) in [6, 6.07) is 2.73. The molecule has 0 spiro atoms. The summed E-state index contributed by atoms with van der Waals surface area (Å²) in [6.07, 6.45) is 5.65. The highest BCUT2D eigenvalue weighted by Gasteiger charge is 2.11. The van der Waals surface area contributed by atoms with E-state index in [2.05, 4.69) is 21.8 Å². The maximum absolute atomic E-state index is 4.16. The lowest BCUT2D eigenvalue weighted by molar-refractivity contribution is 0.459. The zero-order valence-corrected chi connectivity index (χ0v) is 9.37. The van der Waals surface area contributed by atoms with E-state index in [9.17, 15) is 0 Å². The minimum absolute atomic E-state index is 0.662. The monoisotopic (exact) mass is 208 g/mol. The molecule has 4 nitrogen and oxygen atoms in total. The molecule has 1 saturated heterocycles. The third-order valence-corrected chi connectivity index (χ3v) is 3.07. The van der Waals surface area contributed by atoms with Crippen molar-refractivity contribution in [3.63, 3.8) is 0 Å². The molecule has 4 heteroatoms. The van der Waals surface area contributed by atoms with Gasteiger partial charge in [-0.15, -0.1) is 0 Å². The molecular formula is C11H20N4. The van der Waals surface area contributed by atoms with Crippen molar-refractivity contribution >= 4 is 0 Å². The third-order valence-electron chi connectivity index (χ3n) is 3.07. The summed E-state index contributed by atoms with van der Waals surface area (Å²) >= 11 is 0. The summed E-state index contributed by atoms with van der Waals surface area (Å²) in [5.41, 5.74) is 1.26. The molecule has 1 fully saturated rings. The third kappa shape index (κ3) is 3.04. The van der Waals surface area contributed by atoms with Crippen LogP contribution < -0.4 is 10.6 Å². The van der Waals surface area contributed by atoms with E-state index in [0.717, 1.165) is 13.1 Å². The molecule has 84 valence electrons. The Morgan fingerprint density at radius 1 is 1.53 bits per heavy atom. The molecule has 0 amide bonds. The van der Waals surface area contributed by atoms with E-state index in [1.807, 2.05) is 17.9 Å². The van der Waals surface area contributed by atoms with Crippen molar-refractivity contribution in [1.82, 2.24) is 20.4 Å². The second-order valence-electron chi connectivity index (χ2n) is 4.20. The van der Waals surface area contributed by atoms with Gasteiger partial charge in [-0.2, -0.15) is 5.10 Å². The van der Waals surface area contributed by atoms with E-state index in [-0.39, 0.29) is 0 Å². The smallest absolute Gasteiger partial charge is 0.0518 e. The fraction of sp³-hybridized carbons (Fsp3) is 0.727. The Morgan fingerprint density at radius 3 is 3.27 bits per heavy atom. The Labute approximate surface area is 91.1 Å². The molecule has 0 radical (unpaired) electrons. The Kier molecular flexibility index (Phi) is 3.75. The molecule has 1 unspecified atom stereocenters. The van der Waals surface area contributed by atoms with Gasteiger partial charge < -0.3 is 10.6 Å². The number of hydrogen-bond acceptors (Lipinski definition) is 3. The molecule has 2 N–H and O–H groups in total. The van der Waals surface area contributed by atoms with E-state index in [1.165, 1.54) is 31.5 Å². The van der Waals surface area contributed by atoms with E-state index in [4.69, 9.17) is 0 Å². The van der Waals surface area contributed by atoms with Crippen LogP contribution in [0, 0.1) is 0 Å². The molecule has 0 aliphatic carbocycles. The van der Waals surface area contributed by atoms with E-state index < -0.39 is 0 Å². The second kappa shape index (κ2) is 5.28. The minimum atomic E-state index is 0.662. The predicted octanol–water partition coefficient (Wildman–Crippen LogP) is 0.652. The Morgan fingerprint density at radius 2 is 2.47 bits per heavy atom. The minimum Gasteiger partial charge on any atom is -0.317 e. The normalized spacial score (nSPS) is 22.6. The zero-order valence-electron chi connectivity index (χ0n) is 9.37. The quantitative estimate of drug-likeness (QED) is 0.766. The van der Waals surface area contributed by atoms with Gasteiger partial charge in [0, 0.05) is 25.8 Å². The van der Waals surface area contributed by atoms with Crippen LogP contribution in [0.25, 0.3) is 0 Å². The summed E-state index contributed by atoms with van der Waals surface area (Å²) in [4.78, 5) is 0. The van der Waals surface area contributed by atoms with Gasteiger partial charge >= 0.3 is 0 Å². The lowest BCUT2D eigenvalue weighted by atomic mass is 10.1. The standard InChI is InChI=1S/C11H20N4/c1-15-11(5-8-14-15)9-13-10-3-2-6-12-7-4-10/h5,8,10,12-13H,2-4,6-7,9H2,1H3. The van der Waals surface area contributed by atoms with Crippen molar-refractivity contribution in [3.05, 3.63) is 18.0 Å². The summed E-state index contributed by atoms with van der Waals surface area (Å²) in [5.74, 6) is 0. The predicted molar refractivity (Wildman–Crippen MR) is 60.6 cm³/mol.